The molecule has 0 aliphatic heterocycles. The second kappa shape index (κ2) is 8.73. The van der Waals surface area contributed by atoms with Gasteiger partial charge in [0, 0.05) is 12.4 Å². The molecule has 0 saturated heterocycles. The molecule has 0 spiro atoms. The first kappa shape index (κ1) is 20.8. The number of ether oxygens (including phenoxy) is 2. The molecule has 0 aliphatic carbocycles. The van der Waals surface area contributed by atoms with Crippen molar-refractivity contribution in [2.45, 2.75) is 20.4 Å². The van der Waals surface area contributed by atoms with Crippen molar-refractivity contribution in [3.05, 3.63) is 77.1 Å². The first-order valence-corrected chi connectivity index (χ1v) is 10.6. The molecule has 2 aromatic carbocycles. The van der Waals surface area contributed by atoms with E-state index < -0.39 is 0 Å². The number of aryl methyl sites for hydroxylation is 2. The third-order valence-corrected chi connectivity index (χ3v) is 6.34. The normalized spacial score (nSPS) is 10.8. The van der Waals surface area contributed by atoms with Crippen LogP contribution in [0, 0.1) is 13.8 Å². The highest BCUT2D eigenvalue weighted by atomic mass is 32.1. The summed E-state index contributed by atoms with van der Waals surface area (Å²) in [6, 6.07) is 13.2. The highest BCUT2D eigenvalue weighted by molar-refractivity contribution is 7.22. The van der Waals surface area contributed by atoms with Gasteiger partial charge in [-0.25, -0.2) is 4.98 Å². The number of amides is 1. The molecule has 6 nitrogen and oxygen atoms in total. The first-order valence-electron chi connectivity index (χ1n) is 9.82. The van der Waals surface area contributed by atoms with Crippen LogP contribution in [0.25, 0.3) is 10.2 Å². The predicted octanol–water partition coefficient (Wildman–Crippen LogP) is 5.17. The van der Waals surface area contributed by atoms with Crippen LogP contribution < -0.4 is 14.4 Å². The minimum absolute atomic E-state index is 0.207. The molecule has 0 atom stereocenters. The van der Waals surface area contributed by atoms with E-state index in [-0.39, 0.29) is 5.91 Å². The second-order valence-corrected chi connectivity index (χ2v) is 8.14. The maximum Gasteiger partial charge on any atom is 0.264 e. The Bertz CT molecular complexity index is 1200. The number of hydrogen-bond acceptors (Lipinski definition) is 6. The van der Waals surface area contributed by atoms with Gasteiger partial charge in [-0.2, -0.15) is 0 Å². The largest absolute Gasteiger partial charge is 0.493 e. The highest BCUT2D eigenvalue weighted by Gasteiger charge is 2.26. The van der Waals surface area contributed by atoms with Crippen molar-refractivity contribution in [3.63, 3.8) is 0 Å². The SMILES string of the molecule is COc1cccc(C(=O)N(Cc2ccncc2)c2nc3c(C)ccc(C)c3s2)c1OC. The van der Waals surface area contributed by atoms with Crippen LogP contribution in [-0.4, -0.2) is 30.1 Å². The van der Waals surface area contributed by atoms with Gasteiger partial charge in [-0.1, -0.05) is 29.5 Å². The van der Waals surface area contributed by atoms with Crippen molar-refractivity contribution in [2.75, 3.05) is 19.1 Å². The van der Waals surface area contributed by atoms with Crippen LogP contribution in [0.15, 0.2) is 54.9 Å². The molecule has 2 heterocycles. The number of aromatic nitrogens is 2. The summed E-state index contributed by atoms with van der Waals surface area (Å²) in [6.07, 6.45) is 3.44. The number of para-hydroxylation sites is 1. The summed E-state index contributed by atoms with van der Waals surface area (Å²) >= 11 is 1.52. The summed E-state index contributed by atoms with van der Waals surface area (Å²) in [5.74, 6) is 0.707. The van der Waals surface area contributed by atoms with Gasteiger partial charge >= 0.3 is 0 Å². The lowest BCUT2D eigenvalue weighted by Gasteiger charge is -2.22. The fourth-order valence-electron chi connectivity index (χ4n) is 3.46. The number of rotatable bonds is 6. The third-order valence-electron chi connectivity index (χ3n) is 5.13. The van der Waals surface area contributed by atoms with E-state index in [1.165, 1.54) is 18.4 Å². The Balaban J connectivity index is 1.85. The number of benzene rings is 2. The molecule has 7 heteroatoms. The predicted molar refractivity (Wildman–Crippen MR) is 123 cm³/mol. The standard InChI is InChI=1S/C24H23N3O3S/c1-15-8-9-16(2)22-20(15)26-24(31-22)27(14-17-10-12-25-13-11-17)23(28)18-6-5-7-19(29-3)21(18)30-4/h5-13H,14H2,1-4H3. The number of carbonyl (C=O) groups excluding carboxylic acids is 1. The van der Waals surface area contributed by atoms with E-state index in [4.69, 9.17) is 14.5 Å². The molecule has 0 N–H and O–H groups in total. The van der Waals surface area contributed by atoms with E-state index in [1.54, 1.807) is 42.6 Å². The Kier molecular flexibility index (Phi) is 5.86. The van der Waals surface area contributed by atoms with Crippen molar-refractivity contribution in [1.82, 2.24) is 9.97 Å². The van der Waals surface area contributed by atoms with Gasteiger partial charge in [0.2, 0.25) is 0 Å². The topological polar surface area (TPSA) is 64.5 Å². The Hall–Kier alpha value is -3.45. The summed E-state index contributed by atoms with van der Waals surface area (Å²) in [5, 5.41) is 0.638. The van der Waals surface area contributed by atoms with Crippen LogP contribution in [0.2, 0.25) is 0 Å². The number of methoxy groups -OCH3 is 2. The van der Waals surface area contributed by atoms with Crippen molar-refractivity contribution >= 4 is 32.6 Å². The molecule has 0 aliphatic rings. The van der Waals surface area contributed by atoms with Gasteiger partial charge in [0.25, 0.3) is 5.91 Å². The van der Waals surface area contributed by atoms with E-state index in [0.717, 1.165) is 26.9 Å². The van der Waals surface area contributed by atoms with Crippen LogP contribution >= 0.6 is 11.3 Å². The number of hydrogen-bond donors (Lipinski definition) is 0. The monoisotopic (exact) mass is 433 g/mol. The number of anilines is 1. The molecule has 0 bridgehead atoms. The lowest BCUT2D eigenvalue weighted by atomic mass is 10.1. The first-order chi connectivity index (χ1) is 15.0. The maximum absolute atomic E-state index is 13.8. The molecule has 31 heavy (non-hydrogen) atoms. The van der Waals surface area contributed by atoms with E-state index in [1.807, 2.05) is 19.1 Å². The molecular weight excluding hydrogens is 410 g/mol. The van der Waals surface area contributed by atoms with Gasteiger partial charge in [-0.05, 0) is 54.8 Å². The smallest absolute Gasteiger partial charge is 0.264 e. The van der Waals surface area contributed by atoms with E-state index in [9.17, 15) is 4.79 Å². The maximum atomic E-state index is 13.8. The summed E-state index contributed by atoms with van der Waals surface area (Å²) in [5.41, 5.74) is 4.52. The minimum Gasteiger partial charge on any atom is -0.493 e. The van der Waals surface area contributed by atoms with Crippen LogP contribution in [-0.2, 0) is 6.54 Å². The average molecular weight is 434 g/mol. The van der Waals surface area contributed by atoms with Gasteiger partial charge in [0.15, 0.2) is 16.6 Å². The number of fused-ring (bicyclic) bond motifs is 1. The fourth-order valence-corrected chi connectivity index (χ4v) is 4.57. The van der Waals surface area contributed by atoms with E-state index in [2.05, 4.69) is 24.0 Å². The fraction of sp³-hybridized carbons (Fsp3) is 0.208. The van der Waals surface area contributed by atoms with Crippen molar-refractivity contribution in [2.24, 2.45) is 0 Å². The Labute approximate surface area is 185 Å². The lowest BCUT2D eigenvalue weighted by molar-refractivity contribution is 0.0981. The van der Waals surface area contributed by atoms with Gasteiger partial charge in [-0.15, -0.1) is 0 Å². The summed E-state index contributed by atoms with van der Waals surface area (Å²) in [4.78, 5) is 24.4. The number of nitrogens with zero attached hydrogens (tertiary/aromatic N) is 3. The molecule has 4 rings (SSSR count). The molecule has 1 amide bonds. The van der Waals surface area contributed by atoms with Crippen LogP contribution in [0.4, 0.5) is 5.13 Å². The zero-order chi connectivity index (χ0) is 22.0. The molecule has 158 valence electrons. The van der Waals surface area contributed by atoms with E-state index in [0.29, 0.717) is 28.7 Å². The molecule has 0 radical (unpaired) electrons. The van der Waals surface area contributed by atoms with Gasteiger partial charge in [0.05, 0.1) is 36.5 Å². The van der Waals surface area contributed by atoms with Gasteiger partial charge in [0.1, 0.15) is 0 Å². The van der Waals surface area contributed by atoms with Crippen molar-refractivity contribution in [1.29, 1.82) is 0 Å². The minimum atomic E-state index is -0.207. The summed E-state index contributed by atoms with van der Waals surface area (Å²) in [7, 11) is 3.09. The lowest BCUT2D eigenvalue weighted by Crippen LogP contribution is -2.30. The zero-order valence-electron chi connectivity index (χ0n) is 17.9. The molecule has 0 saturated carbocycles. The molecular formula is C24H23N3O3S. The molecule has 0 unspecified atom stereocenters. The number of carbonyl (C=O) groups is 1. The van der Waals surface area contributed by atoms with Gasteiger partial charge in [-0.3, -0.25) is 14.7 Å². The summed E-state index contributed by atoms with van der Waals surface area (Å²) in [6.45, 7) is 4.45. The summed E-state index contributed by atoms with van der Waals surface area (Å²) < 4.78 is 12.0. The number of thiazole rings is 1. The quantitative estimate of drug-likeness (QED) is 0.420. The number of pyridine rings is 1. The Morgan fingerprint density at radius 2 is 1.74 bits per heavy atom. The van der Waals surface area contributed by atoms with Crippen LogP contribution in [0.3, 0.4) is 0 Å². The Morgan fingerprint density at radius 3 is 2.42 bits per heavy atom. The molecule has 4 aromatic rings. The Morgan fingerprint density at radius 1 is 1.00 bits per heavy atom. The van der Waals surface area contributed by atoms with E-state index >= 15 is 0 Å². The second-order valence-electron chi connectivity index (χ2n) is 7.16. The van der Waals surface area contributed by atoms with Gasteiger partial charge < -0.3 is 9.47 Å². The third kappa shape index (κ3) is 3.96. The average Bonchev–Trinajstić information content (AvgIpc) is 3.26. The van der Waals surface area contributed by atoms with Crippen LogP contribution in [0.1, 0.15) is 27.0 Å². The molecule has 0 fully saturated rings. The van der Waals surface area contributed by atoms with Crippen molar-refractivity contribution < 1.29 is 14.3 Å². The highest BCUT2D eigenvalue weighted by Crippen LogP contribution is 2.37. The van der Waals surface area contributed by atoms with Crippen LogP contribution in [0.5, 0.6) is 11.5 Å². The van der Waals surface area contributed by atoms with Crippen molar-refractivity contribution in [3.8, 4) is 11.5 Å². The molecule has 2 aromatic heterocycles. The zero-order valence-corrected chi connectivity index (χ0v) is 18.7.